The van der Waals surface area contributed by atoms with Gasteiger partial charge in [-0.1, -0.05) is 0 Å². The van der Waals surface area contributed by atoms with Gasteiger partial charge in [0.2, 0.25) is 0 Å². The van der Waals surface area contributed by atoms with Gasteiger partial charge < -0.3 is 0 Å². The Morgan fingerprint density at radius 1 is 1.22 bits per heavy atom. The zero-order valence-electron chi connectivity index (χ0n) is 6.42. The molecule has 1 fully saturated rings. The Balaban J connectivity index is 2.41. The van der Waals surface area contributed by atoms with Gasteiger partial charge >= 0.3 is 0 Å². The molecule has 1 heterocycles. The lowest BCUT2D eigenvalue weighted by Crippen LogP contribution is -2.43. The van der Waals surface area contributed by atoms with Crippen LogP contribution in [0.3, 0.4) is 0 Å². The first-order valence-electron chi connectivity index (χ1n) is 3.51. The largest absolute Gasteiger partial charge is 0.299 e. The summed E-state index contributed by atoms with van der Waals surface area (Å²) in [5, 5.41) is 0. The second-order valence-corrected chi connectivity index (χ2v) is 3.98. The second-order valence-electron chi connectivity index (χ2n) is 2.90. The maximum absolute atomic E-state index is 2.45. The Morgan fingerprint density at radius 2 is 1.67 bits per heavy atom. The zero-order valence-corrected chi connectivity index (χ0v) is 7.24. The molecule has 1 rings (SSSR count). The van der Waals surface area contributed by atoms with Crippen LogP contribution >= 0.6 is 11.8 Å². The Morgan fingerprint density at radius 3 is 2.00 bits per heavy atom. The predicted octanol–water partition coefficient (Wildman–Crippen LogP) is 1.44. The van der Waals surface area contributed by atoms with E-state index in [1.54, 1.807) is 0 Å². The van der Waals surface area contributed by atoms with Gasteiger partial charge in [0.15, 0.2) is 0 Å². The number of nitrogens with zero attached hydrogens (tertiary/aromatic N) is 1. The quantitative estimate of drug-likeness (QED) is 0.507. The summed E-state index contributed by atoms with van der Waals surface area (Å²) < 4.78 is 0. The Kier molecular flexibility index (Phi) is 2.42. The molecule has 0 spiro atoms. The fourth-order valence-electron chi connectivity index (χ4n) is 1.08. The first-order chi connectivity index (χ1) is 4.22. The molecule has 0 radical (unpaired) electrons. The minimum absolute atomic E-state index is 0.777. The summed E-state index contributed by atoms with van der Waals surface area (Å²) in [6.07, 6.45) is 0. The van der Waals surface area contributed by atoms with Crippen LogP contribution in [-0.4, -0.2) is 35.5 Å². The highest BCUT2D eigenvalue weighted by molar-refractivity contribution is 7.99. The maximum Gasteiger partial charge on any atom is 0.0158 e. The number of hydrogen-bond donors (Lipinski definition) is 0. The van der Waals surface area contributed by atoms with Crippen molar-refractivity contribution < 1.29 is 0 Å². The van der Waals surface area contributed by atoms with E-state index in [1.807, 2.05) is 0 Å². The molecular formula is C7H15NS. The molecule has 1 aliphatic heterocycles. The molecular weight excluding hydrogens is 130 g/mol. The van der Waals surface area contributed by atoms with E-state index in [9.17, 15) is 0 Å². The summed E-state index contributed by atoms with van der Waals surface area (Å²) in [7, 11) is 2.22. The molecule has 2 heteroatoms. The van der Waals surface area contributed by atoms with Crippen LogP contribution in [0.1, 0.15) is 13.8 Å². The van der Waals surface area contributed by atoms with Crippen LogP contribution in [0.25, 0.3) is 0 Å². The van der Waals surface area contributed by atoms with Gasteiger partial charge in [0.05, 0.1) is 0 Å². The number of thioether (sulfide) groups is 1. The van der Waals surface area contributed by atoms with Gasteiger partial charge in [-0.2, -0.15) is 11.8 Å². The number of rotatable bonds is 0. The Hall–Kier alpha value is 0.310. The van der Waals surface area contributed by atoms with Crippen molar-refractivity contribution in [3.05, 3.63) is 0 Å². The summed E-state index contributed by atoms with van der Waals surface area (Å²) in [6, 6.07) is 1.55. The lowest BCUT2D eigenvalue weighted by atomic mass is 10.2. The van der Waals surface area contributed by atoms with Crippen molar-refractivity contribution in [3.8, 4) is 0 Å². The normalized spacial score (nSPS) is 39.0. The van der Waals surface area contributed by atoms with Crippen molar-refractivity contribution >= 4 is 11.8 Å². The van der Waals surface area contributed by atoms with E-state index in [0.717, 1.165) is 12.1 Å². The third kappa shape index (κ3) is 1.62. The molecule has 0 aliphatic carbocycles. The average Bonchev–Trinajstić information content (AvgIpc) is 1.83. The van der Waals surface area contributed by atoms with Gasteiger partial charge in [-0.3, -0.25) is 4.90 Å². The van der Waals surface area contributed by atoms with Gasteiger partial charge in [0, 0.05) is 23.6 Å². The zero-order chi connectivity index (χ0) is 6.85. The molecule has 0 amide bonds. The monoisotopic (exact) mass is 145 g/mol. The van der Waals surface area contributed by atoms with E-state index >= 15 is 0 Å². The molecule has 0 aromatic heterocycles. The summed E-state index contributed by atoms with van der Waals surface area (Å²) in [5.41, 5.74) is 0. The van der Waals surface area contributed by atoms with Gasteiger partial charge in [-0.25, -0.2) is 0 Å². The van der Waals surface area contributed by atoms with Crippen LogP contribution in [0.5, 0.6) is 0 Å². The minimum atomic E-state index is 0.777. The summed E-state index contributed by atoms with van der Waals surface area (Å²) in [6.45, 7) is 4.59. The van der Waals surface area contributed by atoms with Crippen LogP contribution in [0.15, 0.2) is 0 Å². The van der Waals surface area contributed by atoms with E-state index in [-0.39, 0.29) is 0 Å². The van der Waals surface area contributed by atoms with Crippen molar-refractivity contribution in [1.82, 2.24) is 4.90 Å². The van der Waals surface area contributed by atoms with Gasteiger partial charge in [0.1, 0.15) is 0 Å². The van der Waals surface area contributed by atoms with E-state index in [2.05, 4.69) is 37.6 Å². The maximum atomic E-state index is 2.45. The van der Waals surface area contributed by atoms with E-state index in [1.165, 1.54) is 11.5 Å². The molecule has 9 heavy (non-hydrogen) atoms. The van der Waals surface area contributed by atoms with Crippen LogP contribution in [-0.2, 0) is 0 Å². The highest BCUT2D eigenvalue weighted by atomic mass is 32.2. The molecule has 54 valence electrons. The topological polar surface area (TPSA) is 3.24 Å². The first-order valence-corrected chi connectivity index (χ1v) is 4.67. The smallest absolute Gasteiger partial charge is 0.0158 e. The van der Waals surface area contributed by atoms with Crippen molar-refractivity contribution in [1.29, 1.82) is 0 Å². The highest BCUT2D eigenvalue weighted by Crippen LogP contribution is 2.18. The number of hydrogen-bond acceptors (Lipinski definition) is 2. The molecule has 1 unspecified atom stereocenters. The SMILES string of the molecule is CC1CSC[C@@H](C)N1C. The summed E-state index contributed by atoms with van der Waals surface area (Å²) in [4.78, 5) is 2.45. The molecule has 1 saturated heterocycles. The molecule has 2 atom stereocenters. The molecule has 0 aromatic rings. The first kappa shape index (κ1) is 7.42. The van der Waals surface area contributed by atoms with Crippen molar-refractivity contribution in [2.75, 3.05) is 18.6 Å². The van der Waals surface area contributed by atoms with Crippen LogP contribution in [0, 0.1) is 0 Å². The van der Waals surface area contributed by atoms with Crippen LogP contribution in [0.2, 0.25) is 0 Å². The van der Waals surface area contributed by atoms with Crippen molar-refractivity contribution in [3.63, 3.8) is 0 Å². The molecule has 1 nitrogen and oxygen atoms in total. The molecule has 0 aromatic carbocycles. The fourth-order valence-corrected chi connectivity index (χ4v) is 2.37. The molecule has 1 aliphatic rings. The van der Waals surface area contributed by atoms with Crippen LogP contribution < -0.4 is 0 Å². The standard InChI is InChI=1S/C7H15NS/c1-6-4-9-5-7(2)8(6)3/h6-7H,4-5H2,1-3H3/t6-,7?/m1/s1. The Bertz CT molecular complexity index is 84.9. The van der Waals surface area contributed by atoms with E-state index in [4.69, 9.17) is 0 Å². The summed E-state index contributed by atoms with van der Waals surface area (Å²) >= 11 is 2.07. The van der Waals surface area contributed by atoms with E-state index in [0.29, 0.717) is 0 Å². The highest BCUT2D eigenvalue weighted by Gasteiger charge is 2.20. The lowest BCUT2D eigenvalue weighted by molar-refractivity contribution is 0.220. The van der Waals surface area contributed by atoms with Crippen molar-refractivity contribution in [2.24, 2.45) is 0 Å². The third-order valence-corrected chi connectivity index (χ3v) is 3.54. The van der Waals surface area contributed by atoms with Gasteiger partial charge in [-0.05, 0) is 20.9 Å². The lowest BCUT2D eigenvalue weighted by Gasteiger charge is -2.35. The molecule has 0 saturated carbocycles. The summed E-state index contributed by atoms with van der Waals surface area (Å²) in [5.74, 6) is 2.61. The van der Waals surface area contributed by atoms with E-state index < -0.39 is 0 Å². The third-order valence-electron chi connectivity index (χ3n) is 2.11. The molecule has 0 bridgehead atoms. The minimum Gasteiger partial charge on any atom is -0.299 e. The predicted molar refractivity (Wildman–Crippen MR) is 44.0 cm³/mol. The Labute approximate surface area is 61.8 Å². The van der Waals surface area contributed by atoms with Gasteiger partial charge in [-0.15, -0.1) is 0 Å². The fraction of sp³-hybridized carbons (Fsp3) is 1.00. The molecule has 0 N–H and O–H groups in total. The van der Waals surface area contributed by atoms with Crippen LogP contribution in [0.4, 0.5) is 0 Å². The average molecular weight is 145 g/mol. The second kappa shape index (κ2) is 2.93. The van der Waals surface area contributed by atoms with Crippen molar-refractivity contribution in [2.45, 2.75) is 25.9 Å². The van der Waals surface area contributed by atoms with Gasteiger partial charge in [0.25, 0.3) is 0 Å².